The second-order valence-corrected chi connectivity index (χ2v) is 5.24. The molecule has 5 heteroatoms. The van der Waals surface area contributed by atoms with E-state index < -0.39 is 11.9 Å². The summed E-state index contributed by atoms with van der Waals surface area (Å²) in [4.78, 5) is 34.9. The molecule has 0 aliphatic rings. The topological polar surface area (TPSA) is 89.3 Å². The van der Waals surface area contributed by atoms with Crippen LogP contribution in [-0.2, 0) is 9.59 Å². The average molecular weight is 290 g/mol. The van der Waals surface area contributed by atoms with Gasteiger partial charge in [-0.1, -0.05) is 24.1 Å². The first-order valence-corrected chi connectivity index (χ1v) is 7.03. The van der Waals surface area contributed by atoms with Crippen molar-refractivity contribution in [3.05, 3.63) is 34.9 Å². The molecule has 114 valence electrons. The van der Waals surface area contributed by atoms with Gasteiger partial charge < -0.3 is 11.1 Å². The molecule has 5 nitrogen and oxygen atoms in total. The van der Waals surface area contributed by atoms with Crippen molar-refractivity contribution in [3.8, 4) is 0 Å². The maximum Gasteiger partial charge on any atom is 0.251 e. The minimum absolute atomic E-state index is 0.0434. The van der Waals surface area contributed by atoms with Crippen molar-refractivity contribution in [1.29, 1.82) is 0 Å². The first-order chi connectivity index (χ1) is 9.83. The third-order valence-corrected chi connectivity index (χ3v) is 3.24. The van der Waals surface area contributed by atoms with E-state index in [0.717, 1.165) is 11.1 Å². The normalized spacial score (nSPS) is 11.8. The summed E-state index contributed by atoms with van der Waals surface area (Å²) < 4.78 is 0. The number of rotatable bonds is 7. The Morgan fingerprint density at radius 1 is 1.14 bits per heavy atom. The minimum Gasteiger partial charge on any atom is -0.368 e. The average Bonchev–Trinajstić information content (AvgIpc) is 2.41. The van der Waals surface area contributed by atoms with Gasteiger partial charge in [-0.25, -0.2) is 0 Å². The zero-order valence-electron chi connectivity index (χ0n) is 12.7. The predicted octanol–water partition coefficient (Wildman–Crippen LogP) is 1.65. The lowest BCUT2D eigenvalue weighted by Crippen LogP contribution is -2.44. The fourth-order valence-corrected chi connectivity index (χ4v) is 2.12. The number of carbonyl (C=O) groups is 3. The van der Waals surface area contributed by atoms with Gasteiger partial charge in [0, 0.05) is 18.4 Å². The maximum atomic E-state index is 12.2. The van der Waals surface area contributed by atoms with E-state index in [2.05, 4.69) is 5.32 Å². The molecule has 0 bridgehead atoms. The van der Waals surface area contributed by atoms with Crippen LogP contribution in [-0.4, -0.2) is 23.6 Å². The third-order valence-electron chi connectivity index (χ3n) is 3.24. The van der Waals surface area contributed by atoms with E-state index in [4.69, 9.17) is 5.73 Å². The Bertz CT molecular complexity index is 532. The molecule has 1 aromatic rings. The molecule has 0 saturated carbocycles. The number of nitrogens with two attached hydrogens (primary N) is 1. The van der Waals surface area contributed by atoms with Crippen molar-refractivity contribution >= 4 is 17.6 Å². The molecular formula is C16H22N2O3. The summed E-state index contributed by atoms with van der Waals surface area (Å²) in [7, 11) is 0. The molecule has 0 spiro atoms. The van der Waals surface area contributed by atoms with Crippen LogP contribution in [0.1, 0.15) is 47.7 Å². The highest BCUT2D eigenvalue weighted by Crippen LogP contribution is 2.10. The van der Waals surface area contributed by atoms with Crippen LogP contribution in [0, 0.1) is 13.8 Å². The largest absolute Gasteiger partial charge is 0.368 e. The molecule has 1 rings (SSSR count). The van der Waals surface area contributed by atoms with E-state index in [1.54, 1.807) is 19.1 Å². The second kappa shape index (κ2) is 7.57. The van der Waals surface area contributed by atoms with E-state index in [1.165, 1.54) is 0 Å². The number of nitrogens with one attached hydrogen (secondary N) is 1. The highest BCUT2D eigenvalue weighted by atomic mass is 16.2. The summed E-state index contributed by atoms with van der Waals surface area (Å²) in [6, 6.07) is 4.63. The number of aryl methyl sites for hydroxylation is 2. The van der Waals surface area contributed by atoms with Gasteiger partial charge in [-0.05, 0) is 32.4 Å². The lowest BCUT2D eigenvalue weighted by molar-refractivity contribution is -0.121. The Morgan fingerprint density at radius 2 is 1.71 bits per heavy atom. The van der Waals surface area contributed by atoms with Crippen LogP contribution in [0.4, 0.5) is 0 Å². The van der Waals surface area contributed by atoms with Gasteiger partial charge >= 0.3 is 0 Å². The molecule has 1 aromatic carbocycles. The van der Waals surface area contributed by atoms with Crippen LogP contribution in [0.25, 0.3) is 0 Å². The van der Waals surface area contributed by atoms with E-state index >= 15 is 0 Å². The van der Waals surface area contributed by atoms with E-state index in [9.17, 15) is 14.4 Å². The molecule has 0 unspecified atom stereocenters. The Morgan fingerprint density at radius 3 is 2.19 bits per heavy atom. The van der Waals surface area contributed by atoms with Crippen LogP contribution in [0.5, 0.6) is 0 Å². The monoisotopic (exact) mass is 290 g/mol. The number of hydrogen-bond donors (Lipinski definition) is 2. The zero-order chi connectivity index (χ0) is 16.0. The third kappa shape index (κ3) is 5.38. The minimum atomic E-state index is -0.825. The molecule has 0 fully saturated rings. The van der Waals surface area contributed by atoms with Gasteiger partial charge in [0.1, 0.15) is 11.8 Å². The van der Waals surface area contributed by atoms with Crippen molar-refractivity contribution in [2.24, 2.45) is 5.73 Å². The molecule has 0 saturated heterocycles. The molecule has 0 radical (unpaired) electrons. The maximum absolute atomic E-state index is 12.2. The first kappa shape index (κ1) is 16.9. The molecule has 0 heterocycles. The van der Waals surface area contributed by atoms with Crippen molar-refractivity contribution in [2.75, 3.05) is 0 Å². The Balaban J connectivity index is 2.76. The van der Waals surface area contributed by atoms with Crippen molar-refractivity contribution in [1.82, 2.24) is 5.32 Å². The number of amides is 2. The van der Waals surface area contributed by atoms with Crippen molar-refractivity contribution < 1.29 is 14.4 Å². The molecule has 0 aliphatic carbocycles. The van der Waals surface area contributed by atoms with Crippen LogP contribution >= 0.6 is 0 Å². The van der Waals surface area contributed by atoms with E-state index in [-0.39, 0.29) is 24.5 Å². The SMILES string of the molecule is CCC(=O)CC[C@@H](NC(=O)c1cc(C)cc(C)c1)C(N)=O. The molecule has 3 N–H and O–H groups in total. The van der Waals surface area contributed by atoms with Crippen LogP contribution in [0.2, 0.25) is 0 Å². The fraction of sp³-hybridized carbons (Fsp3) is 0.438. The number of carbonyl (C=O) groups excluding carboxylic acids is 3. The van der Waals surface area contributed by atoms with E-state index in [1.807, 2.05) is 19.9 Å². The van der Waals surface area contributed by atoms with Gasteiger partial charge in [0.15, 0.2) is 0 Å². The van der Waals surface area contributed by atoms with Crippen molar-refractivity contribution in [3.63, 3.8) is 0 Å². The summed E-state index contributed by atoms with van der Waals surface area (Å²) in [6.45, 7) is 5.56. The predicted molar refractivity (Wildman–Crippen MR) is 80.9 cm³/mol. The van der Waals surface area contributed by atoms with Crippen LogP contribution in [0.3, 0.4) is 0 Å². The van der Waals surface area contributed by atoms with Gasteiger partial charge in [0.2, 0.25) is 5.91 Å². The zero-order valence-corrected chi connectivity index (χ0v) is 12.7. The van der Waals surface area contributed by atoms with Gasteiger partial charge in [-0.3, -0.25) is 14.4 Å². The molecule has 0 aliphatic heterocycles. The second-order valence-electron chi connectivity index (χ2n) is 5.24. The highest BCUT2D eigenvalue weighted by molar-refractivity contribution is 5.97. The number of primary amides is 1. The summed E-state index contributed by atoms with van der Waals surface area (Å²) in [5, 5.41) is 2.60. The Hall–Kier alpha value is -2.17. The smallest absolute Gasteiger partial charge is 0.251 e. The van der Waals surface area contributed by atoms with Crippen molar-refractivity contribution in [2.45, 2.75) is 46.1 Å². The molecule has 2 amide bonds. The van der Waals surface area contributed by atoms with Gasteiger partial charge in [-0.2, -0.15) is 0 Å². The number of Topliss-reactive ketones (excluding diaryl/α,β-unsaturated/α-hetero) is 1. The first-order valence-electron chi connectivity index (χ1n) is 7.03. The summed E-state index contributed by atoms with van der Waals surface area (Å²) >= 11 is 0. The highest BCUT2D eigenvalue weighted by Gasteiger charge is 2.20. The lowest BCUT2D eigenvalue weighted by Gasteiger charge is -2.15. The molecule has 21 heavy (non-hydrogen) atoms. The quantitative estimate of drug-likeness (QED) is 0.800. The number of hydrogen-bond acceptors (Lipinski definition) is 3. The number of benzene rings is 1. The van der Waals surface area contributed by atoms with Gasteiger partial charge in [0.25, 0.3) is 5.91 Å². The summed E-state index contributed by atoms with van der Waals surface area (Å²) in [5.41, 5.74) is 7.71. The summed E-state index contributed by atoms with van der Waals surface area (Å²) in [5.74, 6) is -0.937. The standard InChI is InChI=1S/C16H22N2O3/c1-4-13(19)5-6-14(15(17)20)18-16(21)12-8-10(2)7-11(3)9-12/h7-9,14H,4-6H2,1-3H3,(H2,17,20)(H,18,21)/t14-/m1/s1. The molecular weight excluding hydrogens is 268 g/mol. The van der Waals surface area contributed by atoms with Gasteiger partial charge in [0.05, 0.1) is 0 Å². The molecule has 1 atom stereocenters. The Labute approximate surface area is 124 Å². The van der Waals surface area contributed by atoms with Crippen LogP contribution in [0.15, 0.2) is 18.2 Å². The number of ketones is 1. The fourth-order valence-electron chi connectivity index (χ4n) is 2.12. The van der Waals surface area contributed by atoms with Gasteiger partial charge in [-0.15, -0.1) is 0 Å². The molecule has 0 aromatic heterocycles. The van der Waals surface area contributed by atoms with Crippen LogP contribution < -0.4 is 11.1 Å². The summed E-state index contributed by atoms with van der Waals surface area (Å²) in [6.07, 6.45) is 0.881. The lowest BCUT2D eigenvalue weighted by atomic mass is 10.0. The van der Waals surface area contributed by atoms with E-state index in [0.29, 0.717) is 12.0 Å². The Kier molecular flexibility index (Phi) is 6.09.